The Morgan fingerprint density at radius 3 is 1.87 bits per heavy atom. The van der Waals surface area contributed by atoms with E-state index in [-0.39, 0.29) is 0 Å². The molecule has 0 atom stereocenters. The zero-order chi connectivity index (χ0) is 11.3. The fourth-order valence-electron chi connectivity index (χ4n) is 1.15. The van der Waals surface area contributed by atoms with Gasteiger partial charge in [0.1, 0.15) is 0 Å². The number of allylic oxidation sites excluding steroid dienone is 5. The molecule has 0 unspecified atom stereocenters. The van der Waals surface area contributed by atoms with Crippen LogP contribution in [0.3, 0.4) is 0 Å². The molecule has 0 aromatic heterocycles. The number of rotatable bonds is 3. The van der Waals surface area contributed by atoms with E-state index >= 15 is 0 Å². The second kappa shape index (κ2) is 5.05. The van der Waals surface area contributed by atoms with Gasteiger partial charge in [0.2, 0.25) is 0 Å². The molecule has 0 N–H and O–H groups in total. The summed E-state index contributed by atoms with van der Waals surface area (Å²) in [6.07, 6.45) is 8.37. The molecule has 0 saturated carbocycles. The molecule has 0 aromatic rings. The van der Waals surface area contributed by atoms with Crippen molar-refractivity contribution in [2.45, 2.75) is 6.92 Å². The predicted molar refractivity (Wildman–Crippen MR) is 61.6 cm³/mol. The molecule has 0 spiro atoms. The lowest BCUT2D eigenvalue weighted by atomic mass is 10.3. The molecule has 0 radical (unpaired) electrons. The predicted octanol–water partition coefficient (Wildman–Crippen LogP) is 3.59. The van der Waals surface area contributed by atoms with Gasteiger partial charge in [0.25, 0.3) is 0 Å². The summed E-state index contributed by atoms with van der Waals surface area (Å²) in [5.41, 5.74) is 0. The molecule has 1 aliphatic rings. The Balaban J connectivity index is 3.16. The number of hydrogen-bond acceptors (Lipinski definition) is 2. The maximum Gasteiger partial charge on any atom is 0.169 e. The summed E-state index contributed by atoms with van der Waals surface area (Å²) in [6, 6.07) is 0. The van der Waals surface area contributed by atoms with Crippen molar-refractivity contribution in [2.75, 3.05) is 0 Å². The van der Waals surface area contributed by atoms with Gasteiger partial charge in [-0.1, -0.05) is 25.8 Å². The summed E-state index contributed by atoms with van der Waals surface area (Å²) in [5, 5.41) is 0. The van der Waals surface area contributed by atoms with E-state index in [2.05, 4.69) is 19.7 Å². The van der Waals surface area contributed by atoms with Crippen molar-refractivity contribution in [2.24, 2.45) is 0 Å². The third-order valence-corrected chi connectivity index (χ3v) is 1.83. The van der Waals surface area contributed by atoms with E-state index in [0.717, 1.165) is 0 Å². The molecule has 0 saturated heterocycles. The van der Waals surface area contributed by atoms with Crippen molar-refractivity contribution in [1.82, 2.24) is 0 Å². The highest BCUT2D eigenvalue weighted by Gasteiger charge is 2.19. The van der Waals surface area contributed by atoms with Crippen LogP contribution in [0.4, 0.5) is 0 Å². The highest BCUT2D eigenvalue weighted by atomic mass is 16.6. The normalized spacial score (nSPS) is 20.9. The average molecular weight is 202 g/mol. The molecule has 0 fully saturated rings. The first-order valence-electron chi connectivity index (χ1n) is 4.61. The van der Waals surface area contributed by atoms with E-state index in [4.69, 9.17) is 9.47 Å². The first-order valence-corrected chi connectivity index (χ1v) is 4.61. The van der Waals surface area contributed by atoms with Crippen LogP contribution in [-0.2, 0) is 9.47 Å². The Morgan fingerprint density at radius 2 is 1.47 bits per heavy atom. The molecular formula is C13H14O2. The van der Waals surface area contributed by atoms with Gasteiger partial charge in [-0.3, -0.25) is 0 Å². The molecular weight excluding hydrogens is 188 g/mol. The van der Waals surface area contributed by atoms with Crippen LogP contribution in [0.1, 0.15) is 6.92 Å². The summed E-state index contributed by atoms with van der Waals surface area (Å²) >= 11 is 0. The minimum atomic E-state index is 0.559. The lowest BCUT2D eigenvalue weighted by Crippen LogP contribution is -2.08. The van der Waals surface area contributed by atoms with Crippen LogP contribution in [0, 0.1) is 0 Å². The SMILES string of the molecule is C=C/C=C1/OC(C=C)=C(C=C)O/C1=C/C. The fourth-order valence-corrected chi connectivity index (χ4v) is 1.15. The van der Waals surface area contributed by atoms with Gasteiger partial charge in [0, 0.05) is 0 Å². The van der Waals surface area contributed by atoms with E-state index in [1.165, 1.54) is 0 Å². The van der Waals surface area contributed by atoms with Crippen LogP contribution in [0.5, 0.6) is 0 Å². The average Bonchev–Trinajstić information content (AvgIpc) is 2.28. The van der Waals surface area contributed by atoms with E-state index in [0.29, 0.717) is 23.0 Å². The minimum Gasteiger partial charge on any atom is -0.450 e. The molecule has 78 valence electrons. The molecule has 0 bridgehead atoms. The molecule has 0 amide bonds. The second-order valence-electron chi connectivity index (χ2n) is 2.76. The van der Waals surface area contributed by atoms with Crippen molar-refractivity contribution < 1.29 is 9.47 Å². The largest absolute Gasteiger partial charge is 0.450 e. The first kappa shape index (κ1) is 11.1. The lowest BCUT2D eigenvalue weighted by Gasteiger charge is -2.22. The third kappa shape index (κ3) is 2.29. The van der Waals surface area contributed by atoms with Gasteiger partial charge in [-0.15, -0.1) is 0 Å². The maximum absolute atomic E-state index is 5.57. The van der Waals surface area contributed by atoms with Gasteiger partial charge in [-0.05, 0) is 31.2 Å². The highest BCUT2D eigenvalue weighted by molar-refractivity contribution is 5.35. The van der Waals surface area contributed by atoms with Gasteiger partial charge in [0.05, 0.1) is 0 Å². The van der Waals surface area contributed by atoms with Crippen LogP contribution < -0.4 is 0 Å². The van der Waals surface area contributed by atoms with Crippen molar-refractivity contribution in [3.05, 3.63) is 73.2 Å². The van der Waals surface area contributed by atoms with E-state index in [9.17, 15) is 0 Å². The molecule has 1 heterocycles. The van der Waals surface area contributed by atoms with Gasteiger partial charge < -0.3 is 9.47 Å². The topological polar surface area (TPSA) is 18.5 Å². The van der Waals surface area contributed by atoms with E-state index < -0.39 is 0 Å². The number of ether oxygens (including phenoxy) is 2. The van der Waals surface area contributed by atoms with E-state index in [1.807, 2.05) is 13.0 Å². The zero-order valence-corrected chi connectivity index (χ0v) is 8.82. The van der Waals surface area contributed by atoms with Gasteiger partial charge in [-0.2, -0.15) is 0 Å². The van der Waals surface area contributed by atoms with Crippen LogP contribution in [0.25, 0.3) is 0 Å². The Hall–Kier alpha value is -1.96. The standard InChI is InChI=1S/C13H14O2/c1-5-9-13-12(8-4)14-10(6-2)11(7-3)15-13/h5-9H,1-3H2,4H3/b12-8+,13-9+. The Kier molecular flexibility index (Phi) is 3.75. The van der Waals surface area contributed by atoms with Crippen molar-refractivity contribution in [3.8, 4) is 0 Å². The summed E-state index contributed by atoms with van der Waals surface area (Å²) in [5.74, 6) is 2.39. The molecule has 1 aliphatic heterocycles. The zero-order valence-electron chi connectivity index (χ0n) is 8.82. The lowest BCUT2D eigenvalue weighted by molar-refractivity contribution is 0.188. The van der Waals surface area contributed by atoms with Crippen molar-refractivity contribution >= 4 is 0 Å². The Bertz CT molecular complexity index is 381. The summed E-state index contributed by atoms with van der Waals surface area (Å²) in [7, 11) is 0. The molecule has 2 heteroatoms. The van der Waals surface area contributed by atoms with E-state index in [1.54, 1.807) is 24.3 Å². The van der Waals surface area contributed by atoms with Crippen molar-refractivity contribution in [1.29, 1.82) is 0 Å². The summed E-state index contributed by atoms with van der Waals surface area (Å²) in [6.45, 7) is 12.8. The van der Waals surface area contributed by atoms with Gasteiger partial charge in [-0.25, -0.2) is 0 Å². The summed E-state index contributed by atoms with van der Waals surface area (Å²) < 4.78 is 11.1. The van der Waals surface area contributed by atoms with Crippen LogP contribution >= 0.6 is 0 Å². The Labute approximate surface area is 90.2 Å². The monoisotopic (exact) mass is 202 g/mol. The van der Waals surface area contributed by atoms with Crippen LogP contribution in [0.2, 0.25) is 0 Å². The van der Waals surface area contributed by atoms with Crippen LogP contribution in [0.15, 0.2) is 73.2 Å². The summed E-state index contributed by atoms with van der Waals surface area (Å²) in [4.78, 5) is 0. The quantitative estimate of drug-likeness (QED) is 0.696. The smallest absolute Gasteiger partial charge is 0.169 e. The molecule has 1 rings (SSSR count). The maximum atomic E-state index is 5.57. The van der Waals surface area contributed by atoms with Crippen molar-refractivity contribution in [3.63, 3.8) is 0 Å². The second-order valence-corrected chi connectivity index (χ2v) is 2.76. The number of hydrogen-bond donors (Lipinski definition) is 0. The molecule has 2 nitrogen and oxygen atoms in total. The molecule has 0 aliphatic carbocycles. The van der Waals surface area contributed by atoms with Crippen LogP contribution in [-0.4, -0.2) is 0 Å². The van der Waals surface area contributed by atoms with Gasteiger partial charge >= 0.3 is 0 Å². The highest BCUT2D eigenvalue weighted by Crippen LogP contribution is 2.29. The molecule has 0 aromatic carbocycles. The van der Waals surface area contributed by atoms with Gasteiger partial charge in [0.15, 0.2) is 23.0 Å². The first-order chi connectivity index (χ1) is 7.26. The molecule has 15 heavy (non-hydrogen) atoms. The fraction of sp³-hybridized carbons (Fsp3) is 0.0769. The Morgan fingerprint density at radius 1 is 0.933 bits per heavy atom. The third-order valence-electron chi connectivity index (χ3n) is 1.83. The minimum absolute atomic E-state index is 0.559.